The van der Waals surface area contributed by atoms with E-state index >= 15 is 0 Å². The van der Waals surface area contributed by atoms with E-state index in [-0.39, 0.29) is 35.0 Å². The van der Waals surface area contributed by atoms with Gasteiger partial charge in [0.2, 0.25) is 0 Å². The van der Waals surface area contributed by atoms with Gasteiger partial charge in [-0.15, -0.1) is 0 Å². The van der Waals surface area contributed by atoms with Gasteiger partial charge in [-0.05, 0) is 81.5 Å². The predicted octanol–water partition coefficient (Wildman–Crippen LogP) is 4.27. The SMILES string of the molecule is CC(=O)O[C@@H]1CC[C@@]2(C)[C@@H](CC[C@@H]3[C@H]4CC=C(C(C)=O)[C@@]4(C)C(=O)C[C@H]32)C1. The zero-order valence-electron chi connectivity index (χ0n) is 17.0. The summed E-state index contributed by atoms with van der Waals surface area (Å²) in [6.07, 6.45) is 8.72. The summed E-state index contributed by atoms with van der Waals surface area (Å²) < 4.78 is 5.52. The van der Waals surface area contributed by atoms with Gasteiger partial charge in [0.15, 0.2) is 5.78 Å². The molecule has 4 aliphatic carbocycles. The lowest BCUT2D eigenvalue weighted by Crippen LogP contribution is -2.57. The van der Waals surface area contributed by atoms with E-state index in [0.717, 1.165) is 44.1 Å². The number of hydrogen-bond acceptors (Lipinski definition) is 4. The van der Waals surface area contributed by atoms with E-state index in [1.165, 1.54) is 6.92 Å². The topological polar surface area (TPSA) is 60.4 Å². The minimum Gasteiger partial charge on any atom is -0.463 e. The Morgan fingerprint density at radius 3 is 2.52 bits per heavy atom. The lowest BCUT2D eigenvalue weighted by Gasteiger charge is -2.60. The Kier molecular flexibility index (Phi) is 4.40. The average molecular weight is 373 g/mol. The number of ether oxygens (including phenoxy) is 1. The van der Waals surface area contributed by atoms with Gasteiger partial charge in [0.1, 0.15) is 11.9 Å². The van der Waals surface area contributed by atoms with Crippen LogP contribution in [0, 0.1) is 34.5 Å². The van der Waals surface area contributed by atoms with Gasteiger partial charge in [-0.3, -0.25) is 14.4 Å². The monoisotopic (exact) mass is 372 g/mol. The number of hydrogen-bond donors (Lipinski definition) is 0. The minimum absolute atomic E-state index is 0.0409. The van der Waals surface area contributed by atoms with E-state index in [9.17, 15) is 14.4 Å². The number of ketones is 2. The molecule has 0 N–H and O–H groups in total. The third-order valence-electron chi connectivity index (χ3n) is 8.79. The summed E-state index contributed by atoms with van der Waals surface area (Å²) >= 11 is 0. The third-order valence-corrected chi connectivity index (χ3v) is 8.79. The van der Waals surface area contributed by atoms with Crippen molar-refractivity contribution >= 4 is 17.5 Å². The molecule has 4 aliphatic rings. The van der Waals surface area contributed by atoms with Crippen molar-refractivity contribution in [2.75, 3.05) is 0 Å². The highest BCUT2D eigenvalue weighted by Crippen LogP contribution is 2.65. The maximum atomic E-state index is 13.3. The van der Waals surface area contributed by atoms with E-state index in [4.69, 9.17) is 4.74 Å². The number of rotatable bonds is 2. The van der Waals surface area contributed by atoms with Crippen molar-refractivity contribution in [3.05, 3.63) is 11.6 Å². The molecule has 0 radical (unpaired) electrons. The maximum absolute atomic E-state index is 13.3. The first-order valence-corrected chi connectivity index (χ1v) is 10.6. The molecule has 0 aromatic carbocycles. The zero-order chi connectivity index (χ0) is 19.6. The molecular weight excluding hydrogens is 340 g/mol. The zero-order valence-corrected chi connectivity index (χ0v) is 17.0. The van der Waals surface area contributed by atoms with Crippen molar-refractivity contribution in [2.45, 2.75) is 78.7 Å². The Bertz CT molecular complexity index is 722. The summed E-state index contributed by atoms with van der Waals surface area (Å²) in [5, 5.41) is 0. The van der Waals surface area contributed by atoms with Gasteiger partial charge in [0.05, 0.1) is 5.41 Å². The molecule has 3 fully saturated rings. The molecule has 0 unspecified atom stereocenters. The molecule has 0 amide bonds. The molecule has 4 heteroatoms. The fraction of sp³-hybridized carbons (Fsp3) is 0.783. The van der Waals surface area contributed by atoms with Crippen molar-refractivity contribution in [3.63, 3.8) is 0 Å². The first kappa shape index (κ1) is 18.9. The van der Waals surface area contributed by atoms with Gasteiger partial charge in [-0.25, -0.2) is 0 Å². The molecule has 0 saturated heterocycles. The highest BCUT2D eigenvalue weighted by atomic mass is 16.5. The lowest BCUT2D eigenvalue weighted by atomic mass is 9.44. The first-order chi connectivity index (χ1) is 12.7. The normalized spacial score (nSPS) is 46.0. The van der Waals surface area contributed by atoms with Crippen molar-refractivity contribution in [2.24, 2.45) is 34.5 Å². The van der Waals surface area contributed by atoms with E-state index in [0.29, 0.717) is 24.2 Å². The molecule has 0 heterocycles. The highest BCUT2D eigenvalue weighted by Gasteiger charge is 2.62. The molecule has 148 valence electrons. The van der Waals surface area contributed by atoms with Gasteiger partial charge in [-0.2, -0.15) is 0 Å². The summed E-state index contributed by atoms with van der Waals surface area (Å²) in [6, 6.07) is 0. The first-order valence-electron chi connectivity index (χ1n) is 10.6. The summed E-state index contributed by atoms with van der Waals surface area (Å²) in [5.74, 6) is 1.88. The number of fused-ring (bicyclic) bond motifs is 5. The molecule has 7 atom stereocenters. The van der Waals surface area contributed by atoms with Gasteiger partial charge >= 0.3 is 5.97 Å². The van der Waals surface area contributed by atoms with Crippen LogP contribution < -0.4 is 0 Å². The van der Waals surface area contributed by atoms with Crippen LogP contribution in [-0.4, -0.2) is 23.6 Å². The second kappa shape index (κ2) is 6.28. The van der Waals surface area contributed by atoms with Gasteiger partial charge in [-0.1, -0.05) is 13.0 Å². The molecule has 27 heavy (non-hydrogen) atoms. The third kappa shape index (κ3) is 2.66. The number of allylic oxidation sites excluding steroid dienone is 2. The van der Waals surface area contributed by atoms with Crippen LogP contribution >= 0.6 is 0 Å². The molecule has 4 rings (SSSR count). The Hall–Kier alpha value is -1.45. The van der Waals surface area contributed by atoms with Crippen LogP contribution in [0.2, 0.25) is 0 Å². The number of carbonyl (C=O) groups is 3. The highest BCUT2D eigenvalue weighted by molar-refractivity contribution is 6.04. The Labute approximate surface area is 162 Å². The number of Topliss-reactive ketones (excluding diaryl/α,β-unsaturated/α-hetero) is 2. The summed E-state index contributed by atoms with van der Waals surface area (Å²) in [5.41, 5.74) is 0.350. The van der Waals surface area contributed by atoms with Crippen LogP contribution in [0.4, 0.5) is 0 Å². The van der Waals surface area contributed by atoms with Crippen LogP contribution in [-0.2, 0) is 19.1 Å². The Balaban J connectivity index is 1.60. The van der Waals surface area contributed by atoms with Crippen molar-refractivity contribution in [1.82, 2.24) is 0 Å². The molecule has 0 aliphatic heterocycles. The fourth-order valence-corrected chi connectivity index (χ4v) is 7.38. The largest absolute Gasteiger partial charge is 0.463 e. The van der Waals surface area contributed by atoms with Crippen LogP contribution in [0.1, 0.15) is 72.6 Å². The van der Waals surface area contributed by atoms with Crippen molar-refractivity contribution in [3.8, 4) is 0 Å². The molecule has 0 aromatic heterocycles. The van der Waals surface area contributed by atoms with Gasteiger partial charge < -0.3 is 4.74 Å². The number of carbonyl (C=O) groups excluding carboxylic acids is 3. The van der Waals surface area contributed by atoms with Gasteiger partial charge in [0, 0.05) is 18.9 Å². The molecular formula is C23H32O4. The van der Waals surface area contributed by atoms with Crippen LogP contribution in [0.3, 0.4) is 0 Å². The lowest BCUT2D eigenvalue weighted by molar-refractivity contribution is -0.163. The van der Waals surface area contributed by atoms with Gasteiger partial charge in [0.25, 0.3) is 0 Å². The quantitative estimate of drug-likeness (QED) is 0.679. The van der Waals surface area contributed by atoms with Crippen LogP contribution in [0.15, 0.2) is 11.6 Å². The Morgan fingerprint density at radius 1 is 1.11 bits per heavy atom. The van der Waals surface area contributed by atoms with E-state index in [2.05, 4.69) is 13.0 Å². The molecule has 4 nitrogen and oxygen atoms in total. The minimum atomic E-state index is -0.564. The Morgan fingerprint density at radius 2 is 1.85 bits per heavy atom. The summed E-state index contributed by atoms with van der Waals surface area (Å²) in [4.78, 5) is 36.9. The predicted molar refractivity (Wildman–Crippen MR) is 102 cm³/mol. The van der Waals surface area contributed by atoms with E-state index in [1.54, 1.807) is 6.92 Å². The summed E-state index contributed by atoms with van der Waals surface area (Å²) in [7, 11) is 0. The van der Waals surface area contributed by atoms with E-state index < -0.39 is 5.41 Å². The molecule has 0 bridgehead atoms. The van der Waals surface area contributed by atoms with Crippen molar-refractivity contribution < 1.29 is 19.1 Å². The average Bonchev–Trinajstić information content (AvgIpc) is 2.95. The van der Waals surface area contributed by atoms with Crippen LogP contribution in [0.25, 0.3) is 0 Å². The molecule has 0 aromatic rings. The second-order valence-corrected chi connectivity index (χ2v) is 9.90. The molecule has 0 spiro atoms. The maximum Gasteiger partial charge on any atom is 0.302 e. The standard InChI is InChI=1S/C23H32O4/c1-13(24)18-7-8-19-17-6-5-15-11-16(27-14(2)25)9-10-22(15,3)20(17)12-21(26)23(18,19)4/h7,15-17,19-20H,5-6,8-12H2,1-4H3/t15-,16+,17+,19+,20+,22-,23+/m0/s1. The van der Waals surface area contributed by atoms with Crippen molar-refractivity contribution in [1.29, 1.82) is 0 Å². The smallest absolute Gasteiger partial charge is 0.302 e. The summed E-state index contributed by atoms with van der Waals surface area (Å²) in [6.45, 7) is 7.50. The number of esters is 1. The molecule has 3 saturated carbocycles. The van der Waals surface area contributed by atoms with E-state index in [1.807, 2.05) is 6.92 Å². The fourth-order valence-electron chi connectivity index (χ4n) is 7.38. The second-order valence-electron chi connectivity index (χ2n) is 9.90. The van der Waals surface area contributed by atoms with Crippen LogP contribution in [0.5, 0.6) is 0 Å².